The second-order valence-corrected chi connectivity index (χ2v) is 8.89. The monoisotopic (exact) mass is 422 g/mol. The SMILES string of the molecule is CO[C@H]1OC[C@@H]2C(COC(=O)c3ccc(Br)cc3)[C@H]3CCCC[C@@H]3C[C@H]12. The van der Waals surface area contributed by atoms with Crippen LogP contribution in [0.3, 0.4) is 0 Å². The second kappa shape index (κ2) is 7.99. The third kappa shape index (κ3) is 3.58. The van der Waals surface area contributed by atoms with Gasteiger partial charge in [-0.05, 0) is 54.9 Å². The van der Waals surface area contributed by atoms with Gasteiger partial charge in [-0.2, -0.15) is 0 Å². The van der Waals surface area contributed by atoms with E-state index in [2.05, 4.69) is 15.9 Å². The number of esters is 1. The number of ether oxygens (including phenoxy) is 3. The molecule has 3 aliphatic rings. The van der Waals surface area contributed by atoms with Crippen molar-refractivity contribution < 1.29 is 19.0 Å². The molecule has 1 heterocycles. The molecule has 26 heavy (non-hydrogen) atoms. The molecule has 1 saturated heterocycles. The highest BCUT2D eigenvalue weighted by atomic mass is 79.9. The average Bonchev–Trinajstić information content (AvgIpc) is 3.08. The summed E-state index contributed by atoms with van der Waals surface area (Å²) >= 11 is 3.40. The molecule has 0 aromatic heterocycles. The molecule has 1 aromatic carbocycles. The zero-order chi connectivity index (χ0) is 18.1. The van der Waals surface area contributed by atoms with Crippen LogP contribution in [0.1, 0.15) is 42.5 Å². The molecule has 142 valence electrons. The van der Waals surface area contributed by atoms with Gasteiger partial charge in [-0.1, -0.05) is 35.2 Å². The Morgan fingerprint density at radius 3 is 2.69 bits per heavy atom. The zero-order valence-electron chi connectivity index (χ0n) is 15.2. The van der Waals surface area contributed by atoms with E-state index in [0.29, 0.717) is 35.8 Å². The second-order valence-electron chi connectivity index (χ2n) is 7.98. The lowest BCUT2D eigenvalue weighted by molar-refractivity contribution is -0.120. The van der Waals surface area contributed by atoms with E-state index < -0.39 is 0 Å². The third-order valence-electron chi connectivity index (χ3n) is 6.71. The van der Waals surface area contributed by atoms with Crippen LogP contribution in [0.25, 0.3) is 0 Å². The summed E-state index contributed by atoms with van der Waals surface area (Å²) in [7, 11) is 1.74. The molecule has 2 saturated carbocycles. The molecule has 0 bridgehead atoms. The lowest BCUT2D eigenvalue weighted by Crippen LogP contribution is -2.45. The van der Waals surface area contributed by atoms with Crippen LogP contribution < -0.4 is 0 Å². The summed E-state index contributed by atoms with van der Waals surface area (Å²) in [5.74, 6) is 2.42. The highest BCUT2D eigenvalue weighted by molar-refractivity contribution is 9.10. The van der Waals surface area contributed by atoms with Crippen molar-refractivity contribution in [3.05, 3.63) is 34.3 Å². The van der Waals surface area contributed by atoms with Gasteiger partial charge in [-0.15, -0.1) is 0 Å². The summed E-state index contributed by atoms with van der Waals surface area (Å²) in [6, 6.07) is 7.36. The van der Waals surface area contributed by atoms with Crippen LogP contribution in [-0.2, 0) is 14.2 Å². The normalized spacial score (nSPS) is 36.2. The molecule has 2 aliphatic carbocycles. The molecule has 5 heteroatoms. The van der Waals surface area contributed by atoms with Crippen LogP contribution in [0.5, 0.6) is 0 Å². The van der Waals surface area contributed by atoms with Gasteiger partial charge in [0.05, 0.1) is 18.8 Å². The van der Waals surface area contributed by atoms with E-state index >= 15 is 0 Å². The quantitative estimate of drug-likeness (QED) is 0.661. The summed E-state index contributed by atoms with van der Waals surface area (Å²) in [5.41, 5.74) is 0.609. The van der Waals surface area contributed by atoms with Crippen LogP contribution in [0.15, 0.2) is 28.7 Å². The first kappa shape index (κ1) is 18.5. The number of hydrogen-bond acceptors (Lipinski definition) is 4. The van der Waals surface area contributed by atoms with Crippen LogP contribution in [0.4, 0.5) is 0 Å². The average molecular weight is 423 g/mol. The first-order valence-electron chi connectivity index (χ1n) is 9.74. The predicted octanol–water partition coefficient (Wildman–Crippen LogP) is 4.67. The molecule has 6 atom stereocenters. The van der Waals surface area contributed by atoms with E-state index in [0.717, 1.165) is 17.0 Å². The van der Waals surface area contributed by atoms with Crippen molar-refractivity contribution in [2.75, 3.05) is 20.3 Å². The van der Waals surface area contributed by atoms with E-state index in [1.165, 1.54) is 32.1 Å². The fraction of sp³-hybridized carbons (Fsp3) is 0.667. The Morgan fingerprint density at radius 2 is 1.92 bits per heavy atom. The molecule has 1 aromatic rings. The van der Waals surface area contributed by atoms with E-state index in [9.17, 15) is 4.79 Å². The fourth-order valence-corrected chi connectivity index (χ4v) is 5.74. The lowest BCUT2D eigenvalue weighted by atomic mass is 9.58. The topological polar surface area (TPSA) is 44.8 Å². The van der Waals surface area contributed by atoms with Crippen molar-refractivity contribution in [2.24, 2.45) is 29.6 Å². The molecule has 0 spiro atoms. The van der Waals surface area contributed by atoms with Crippen LogP contribution in [0.2, 0.25) is 0 Å². The largest absolute Gasteiger partial charge is 0.462 e. The van der Waals surface area contributed by atoms with Gasteiger partial charge in [0.1, 0.15) is 0 Å². The lowest BCUT2D eigenvalue weighted by Gasteiger charge is -2.47. The van der Waals surface area contributed by atoms with Crippen molar-refractivity contribution in [2.45, 2.75) is 38.4 Å². The van der Waals surface area contributed by atoms with Gasteiger partial charge >= 0.3 is 5.97 Å². The number of carbonyl (C=O) groups is 1. The van der Waals surface area contributed by atoms with Crippen LogP contribution in [0, 0.1) is 29.6 Å². The van der Waals surface area contributed by atoms with Gasteiger partial charge in [0.2, 0.25) is 0 Å². The maximum Gasteiger partial charge on any atom is 0.338 e. The first-order valence-corrected chi connectivity index (χ1v) is 10.5. The summed E-state index contributed by atoms with van der Waals surface area (Å²) < 4.78 is 18.2. The molecule has 0 N–H and O–H groups in total. The molecule has 1 unspecified atom stereocenters. The summed E-state index contributed by atoms with van der Waals surface area (Å²) in [4.78, 5) is 12.5. The highest BCUT2D eigenvalue weighted by Crippen LogP contribution is 2.52. The Morgan fingerprint density at radius 1 is 1.15 bits per heavy atom. The Balaban J connectivity index is 1.47. The highest BCUT2D eigenvalue weighted by Gasteiger charge is 2.51. The number of methoxy groups -OCH3 is 1. The predicted molar refractivity (Wildman–Crippen MR) is 102 cm³/mol. The van der Waals surface area contributed by atoms with E-state index in [1.54, 1.807) is 19.2 Å². The van der Waals surface area contributed by atoms with Gasteiger partial charge in [0.15, 0.2) is 6.29 Å². The van der Waals surface area contributed by atoms with Gasteiger partial charge in [-0.25, -0.2) is 4.79 Å². The van der Waals surface area contributed by atoms with Gasteiger partial charge in [0, 0.05) is 23.4 Å². The fourth-order valence-electron chi connectivity index (χ4n) is 5.47. The molecule has 1 aliphatic heterocycles. The Hall–Kier alpha value is -0.910. The third-order valence-corrected chi connectivity index (χ3v) is 7.24. The number of halogens is 1. The summed E-state index contributed by atoms with van der Waals surface area (Å²) in [6.07, 6.45) is 6.28. The van der Waals surface area contributed by atoms with Gasteiger partial charge in [-0.3, -0.25) is 0 Å². The minimum Gasteiger partial charge on any atom is -0.462 e. The summed E-state index contributed by atoms with van der Waals surface area (Å²) in [6.45, 7) is 1.23. The standard InChI is InChI=1S/C21H27BrO4/c1-24-21-17-10-14-4-2-3-5-16(14)18(19(17)12-26-21)11-25-20(23)13-6-8-15(22)9-7-13/h6-9,14,16-19,21H,2-5,10-12H2,1H3/t14-,16+,17+,18?,19+,21+/m1/s1. The van der Waals surface area contributed by atoms with E-state index in [1.807, 2.05) is 12.1 Å². The molecule has 4 rings (SSSR count). The molecule has 3 fully saturated rings. The number of benzene rings is 1. The number of carbonyl (C=O) groups excluding carboxylic acids is 1. The van der Waals surface area contributed by atoms with Crippen molar-refractivity contribution in [1.29, 1.82) is 0 Å². The van der Waals surface area contributed by atoms with E-state index in [4.69, 9.17) is 14.2 Å². The van der Waals surface area contributed by atoms with Crippen molar-refractivity contribution in [1.82, 2.24) is 0 Å². The van der Waals surface area contributed by atoms with Gasteiger partial charge in [0.25, 0.3) is 0 Å². The van der Waals surface area contributed by atoms with Crippen LogP contribution >= 0.6 is 15.9 Å². The molecular weight excluding hydrogens is 396 g/mol. The number of hydrogen-bond donors (Lipinski definition) is 0. The number of fused-ring (bicyclic) bond motifs is 2. The Kier molecular flexibility index (Phi) is 5.67. The van der Waals surface area contributed by atoms with Crippen LogP contribution in [-0.4, -0.2) is 32.6 Å². The van der Waals surface area contributed by atoms with Crippen molar-refractivity contribution in [3.63, 3.8) is 0 Å². The number of rotatable bonds is 4. The van der Waals surface area contributed by atoms with E-state index in [-0.39, 0.29) is 12.3 Å². The minimum absolute atomic E-state index is 0.0902. The first-order chi connectivity index (χ1) is 12.7. The maximum atomic E-state index is 12.5. The molecule has 4 nitrogen and oxygen atoms in total. The molecule has 0 radical (unpaired) electrons. The van der Waals surface area contributed by atoms with Crippen molar-refractivity contribution in [3.8, 4) is 0 Å². The molecular formula is C21H27BrO4. The minimum atomic E-state index is -0.228. The smallest absolute Gasteiger partial charge is 0.338 e. The Bertz CT molecular complexity index is 631. The van der Waals surface area contributed by atoms with Gasteiger partial charge < -0.3 is 14.2 Å². The maximum absolute atomic E-state index is 12.5. The van der Waals surface area contributed by atoms with Crippen molar-refractivity contribution >= 4 is 21.9 Å². The zero-order valence-corrected chi connectivity index (χ0v) is 16.8. The molecule has 0 amide bonds. The Labute approximate surface area is 163 Å². The summed E-state index contributed by atoms with van der Waals surface area (Å²) in [5, 5.41) is 0.